The van der Waals surface area contributed by atoms with Crippen LogP contribution in [-0.4, -0.2) is 28.1 Å². The molecule has 0 amide bonds. The van der Waals surface area contributed by atoms with E-state index in [2.05, 4.69) is 0 Å². The molecule has 114 valence electrons. The smallest absolute Gasteiger partial charge is 0.416 e. The van der Waals surface area contributed by atoms with Gasteiger partial charge in [0, 0.05) is 18.6 Å². The van der Waals surface area contributed by atoms with Gasteiger partial charge in [0.2, 0.25) is 0 Å². The Balaban J connectivity index is 1.84. The highest BCUT2D eigenvalue weighted by atomic mass is 19.4. The number of halogens is 3. The zero-order valence-corrected chi connectivity index (χ0v) is 11.3. The molecule has 6 heteroatoms. The number of hydrogen-bond donors (Lipinski definition) is 1. The summed E-state index contributed by atoms with van der Waals surface area (Å²) in [5.74, 6) is -1.28. The van der Waals surface area contributed by atoms with E-state index < -0.39 is 23.6 Å². The Morgan fingerprint density at radius 2 is 2.00 bits per heavy atom. The zero-order chi connectivity index (χ0) is 15.2. The Bertz CT molecular complexity index is 558. The molecule has 3 atom stereocenters. The van der Waals surface area contributed by atoms with E-state index in [0.717, 1.165) is 18.9 Å². The first-order valence-electron chi connectivity index (χ1n) is 7.01. The van der Waals surface area contributed by atoms with E-state index in [1.165, 1.54) is 12.1 Å². The van der Waals surface area contributed by atoms with Crippen molar-refractivity contribution < 1.29 is 23.1 Å². The molecular weight excluding hydrogens is 283 g/mol. The van der Waals surface area contributed by atoms with Crippen molar-refractivity contribution in [2.45, 2.75) is 44.1 Å². The molecule has 2 bridgehead atoms. The predicted molar refractivity (Wildman–Crippen MR) is 69.5 cm³/mol. The number of hydrogen-bond acceptors (Lipinski definition) is 2. The molecule has 2 saturated heterocycles. The molecule has 0 saturated carbocycles. The van der Waals surface area contributed by atoms with Crippen LogP contribution < -0.4 is 0 Å². The summed E-state index contributed by atoms with van der Waals surface area (Å²) in [7, 11) is 0. The molecule has 2 heterocycles. The molecule has 0 spiro atoms. The molecule has 3 unspecified atom stereocenters. The minimum absolute atomic E-state index is 0.0948. The first kappa shape index (κ1) is 14.4. The fourth-order valence-electron chi connectivity index (χ4n) is 3.74. The van der Waals surface area contributed by atoms with Crippen LogP contribution in [0.1, 0.15) is 30.4 Å². The second-order valence-electron chi connectivity index (χ2n) is 5.81. The van der Waals surface area contributed by atoms with E-state index in [-0.39, 0.29) is 24.2 Å². The number of carboxylic acids is 1. The maximum absolute atomic E-state index is 13.0. The second kappa shape index (κ2) is 5.02. The molecule has 2 aliphatic rings. The minimum atomic E-state index is -4.37. The molecule has 21 heavy (non-hydrogen) atoms. The Morgan fingerprint density at radius 3 is 2.62 bits per heavy atom. The monoisotopic (exact) mass is 299 g/mol. The Hall–Kier alpha value is -1.56. The Labute approximate surface area is 120 Å². The summed E-state index contributed by atoms with van der Waals surface area (Å²) in [4.78, 5) is 13.2. The fraction of sp³-hybridized carbons (Fsp3) is 0.533. The van der Waals surface area contributed by atoms with Crippen LogP contribution in [0.2, 0.25) is 0 Å². The fourth-order valence-corrected chi connectivity index (χ4v) is 3.74. The van der Waals surface area contributed by atoms with E-state index >= 15 is 0 Å². The number of nitrogens with zero attached hydrogens (tertiary/aromatic N) is 1. The van der Waals surface area contributed by atoms with Crippen molar-refractivity contribution in [1.29, 1.82) is 0 Å². The number of benzene rings is 1. The van der Waals surface area contributed by atoms with Crippen molar-refractivity contribution >= 4 is 5.97 Å². The summed E-state index contributed by atoms with van der Waals surface area (Å²) in [6, 6.07) is 5.51. The second-order valence-corrected chi connectivity index (χ2v) is 5.81. The third kappa shape index (κ3) is 2.52. The van der Waals surface area contributed by atoms with Crippen molar-refractivity contribution in [3.63, 3.8) is 0 Å². The van der Waals surface area contributed by atoms with Crippen LogP contribution in [0.5, 0.6) is 0 Å². The van der Waals surface area contributed by atoms with Gasteiger partial charge in [-0.15, -0.1) is 0 Å². The van der Waals surface area contributed by atoms with Crippen LogP contribution in [0, 0.1) is 5.92 Å². The summed E-state index contributed by atoms with van der Waals surface area (Å²) < 4.78 is 39.1. The zero-order valence-electron chi connectivity index (χ0n) is 11.3. The highest BCUT2D eigenvalue weighted by molar-refractivity contribution is 5.71. The molecule has 2 aliphatic heterocycles. The predicted octanol–water partition coefficient (Wildman–Crippen LogP) is 3.14. The molecule has 1 aromatic carbocycles. The lowest BCUT2D eigenvalue weighted by Crippen LogP contribution is -2.33. The summed E-state index contributed by atoms with van der Waals surface area (Å²) in [6.07, 6.45) is -2.19. The Kier molecular flexibility index (Phi) is 3.43. The van der Waals surface area contributed by atoms with Crippen LogP contribution in [0.4, 0.5) is 13.2 Å². The minimum Gasteiger partial charge on any atom is -0.481 e. The van der Waals surface area contributed by atoms with Gasteiger partial charge in [0.05, 0.1) is 11.5 Å². The average Bonchev–Trinajstić information content (AvgIpc) is 2.95. The molecule has 3 nitrogen and oxygen atoms in total. The van der Waals surface area contributed by atoms with Crippen molar-refractivity contribution in [2.75, 3.05) is 0 Å². The van der Waals surface area contributed by atoms with Gasteiger partial charge in [-0.05, 0) is 30.9 Å². The van der Waals surface area contributed by atoms with Crippen molar-refractivity contribution in [1.82, 2.24) is 4.90 Å². The quantitative estimate of drug-likeness (QED) is 0.932. The Morgan fingerprint density at radius 1 is 1.29 bits per heavy atom. The highest BCUT2D eigenvalue weighted by Crippen LogP contribution is 2.43. The average molecular weight is 299 g/mol. The largest absolute Gasteiger partial charge is 0.481 e. The maximum Gasteiger partial charge on any atom is 0.416 e. The van der Waals surface area contributed by atoms with Gasteiger partial charge in [-0.1, -0.05) is 18.2 Å². The van der Waals surface area contributed by atoms with Gasteiger partial charge in [-0.2, -0.15) is 13.2 Å². The molecule has 0 aromatic heterocycles. The van der Waals surface area contributed by atoms with E-state index in [4.69, 9.17) is 0 Å². The molecular formula is C15H16F3NO2. The van der Waals surface area contributed by atoms with E-state index in [9.17, 15) is 23.1 Å². The van der Waals surface area contributed by atoms with Crippen molar-refractivity contribution in [3.05, 3.63) is 35.4 Å². The van der Waals surface area contributed by atoms with E-state index in [1.54, 1.807) is 6.07 Å². The summed E-state index contributed by atoms with van der Waals surface area (Å²) in [6.45, 7) is 0.175. The first-order valence-corrected chi connectivity index (χ1v) is 7.01. The molecule has 0 radical (unpaired) electrons. The maximum atomic E-state index is 13.0. The van der Waals surface area contributed by atoms with Crippen LogP contribution in [0.15, 0.2) is 24.3 Å². The van der Waals surface area contributed by atoms with Crippen molar-refractivity contribution in [3.8, 4) is 0 Å². The third-order valence-corrected chi connectivity index (χ3v) is 4.67. The normalized spacial score (nSPS) is 29.0. The van der Waals surface area contributed by atoms with Crippen LogP contribution in [0.3, 0.4) is 0 Å². The number of carboxylic acid groups (broad SMARTS) is 1. The van der Waals surface area contributed by atoms with E-state index in [1.807, 2.05) is 4.90 Å². The lowest BCUT2D eigenvalue weighted by molar-refractivity contribution is -0.143. The number of fused-ring (bicyclic) bond motifs is 2. The van der Waals surface area contributed by atoms with Gasteiger partial charge in [0.15, 0.2) is 0 Å². The number of rotatable bonds is 3. The molecule has 1 aromatic rings. The third-order valence-electron chi connectivity index (χ3n) is 4.67. The lowest BCUT2D eigenvalue weighted by Gasteiger charge is -2.24. The summed E-state index contributed by atoms with van der Waals surface area (Å²) in [5, 5.41) is 9.20. The lowest BCUT2D eigenvalue weighted by atomic mass is 9.89. The molecule has 0 aliphatic carbocycles. The van der Waals surface area contributed by atoms with Crippen LogP contribution >= 0.6 is 0 Å². The van der Waals surface area contributed by atoms with Gasteiger partial charge in [0.25, 0.3) is 0 Å². The molecule has 1 N–H and O–H groups in total. The van der Waals surface area contributed by atoms with Gasteiger partial charge in [0.1, 0.15) is 0 Å². The summed E-state index contributed by atoms with van der Waals surface area (Å²) >= 11 is 0. The van der Waals surface area contributed by atoms with Crippen molar-refractivity contribution in [2.24, 2.45) is 5.92 Å². The van der Waals surface area contributed by atoms with E-state index in [0.29, 0.717) is 6.42 Å². The number of aliphatic carboxylic acids is 1. The van der Waals surface area contributed by atoms with Gasteiger partial charge < -0.3 is 5.11 Å². The van der Waals surface area contributed by atoms with Crippen LogP contribution in [0.25, 0.3) is 0 Å². The molecule has 3 rings (SSSR count). The molecule has 2 fully saturated rings. The standard InChI is InChI=1S/C15H16F3NO2/c16-15(17,18)12-4-2-1-3-9(12)8-19-10-5-6-13(19)11(7-10)14(20)21/h1-4,10-11,13H,5-8H2,(H,20,21). The van der Waals surface area contributed by atoms with Gasteiger partial charge in [-0.25, -0.2) is 0 Å². The number of alkyl halides is 3. The highest BCUT2D eigenvalue weighted by Gasteiger charge is 2.49. The van der Waals surface area contributed by atoms with Crippen LogP contribution in [-0.2, 0) is 17.5 Å². The van der Waals surface area contributed by atoms with Gasteiger partial charge >= 0.3 is 12.1 Å². The first-order chi connectivity index (χ1) is 9.88. The SMILES string of the molecule is O=C(O)C1CC2CCC1N2Cc1ccccc1C(F)(F)F. The van der Waals surface area contributed by atoms with Gasteiger partial charge in [-0.3, -0.25) is 9.69 Å². The summed E-state index contributed by atoms with van der Waals surface area (Å²) in [5.41, 5.74) is -0.392. The number of carbonyl (C=O) groups is 1. The topological polar surface area (TPSA) is 40.5 Å².